The highest BCUT2D eigenvalue weighted by Gasteiger charge is 2.18. The maximum atomic E-state index is 12.9. The fourth-order valence-electron chi connectivity index (χ4n) is 3.51. The van der Waals surface area contributed by atoms with E-state index in [2.05, 4.69) is 15.5 Å². The number of imidazole rings is 1. The van der Waals surface area contributed by atoms with Crippen LogP contribution in [-0.4, -0.2) is 37.1 Å². The predicted octanol–water partition coefficient (Wildman–Crippen LogP) is 2.31. The first kappa shape index (κ1) is 22.6. The van der Waals surface area contributed by atoms with Crippen LogP contribution in [0.2, 0.25) is 0 Å². The second kappa shape index (κ2) is 9.49. The zero-order valence-corrected chi connectivity index (χ0v) is 19.0. The summed E-state index contributed by atoms with van der Waals surface area (Å²) in [6.07, 6.45) is 5.37. The average molecular weight is 460 g/mol. The summed E-state index contributed by atoms with van der Waals surface area (Å²) in [5, 5.41) is 14.0. The first-order valence-electron chi connectivity index (χ1n) is 10.4. The number of hydrogen-bond donors (Lipinski definition) is 2. The number of aryl methyl sites for hydroxylation is 1. The second-order valence-corrected chi connectivity index (χ2v) is 7.54. The maximum absolute atomic E-state index is 12.9. The Bertz CT molecular complexity index is 1510. The van der Waals surface area contributed by atoms with Gasteiger partial charge in [0.2, 0.25) is 5.95 Å². The van der Waals surface area contributed by atoms with E-state index in [9.17, 15) is 14.7 Å². The Morgan fingerprint density at radius 3 is 2.59 bits per heavy atom. The van der Waals surface area contributed by atoms with Crippen molar-refractivity contribution in [3.8, 4) is 11.5 Å². The largest absolute Gasteiger partial charge is 0.504 e. The minimum Gasteiger partial charge on any atom is -0.504 e. The molecule has 0 amide bonds. The molecule has 174 valence electrons. The molecule has 0 radical (unpaired) electrons. The molecule has 0 spiro atoms. The van der Waals surface area contributed by atoms with Crippen molar-refractivity contribution >= 4 is 29.4 Å². The van der Waals surface area contributed by atoms with E-state index in [1.54, 1.807) is 23.7 Å². The molecule has 0 saturated heterocycles. The van der Waals surface area contributed by atoms with Crippen LogP contribution in [0.4, 0.5) is 5.95 Å². The fraction of sp³-hybridized carbons (Fsp3) is 0.167. The van der Waals surface area contributed by atoms with Crippen molar-refractivity contribution < 1.29 is 9.84 Å². The number of nitrogens with one attached hydrogen (secondary N) is 1. The molecule has 4 aromatic rings. The lowest BCUT2D eigenvalue weighted by molar-refractivity contribution is 0.373. The molecule has 2 heterocycles. The number of methoxy groups -OCH3 is 1. The van der Waals surface area contributed by atoms with Crippen LogP contribution < -0.4 is 21.4 Å². The Labute approximate surface area is 194 Å². The van der Waals surface area contributed by atoms with Gasteiger partial charge in [-0.3, -0.25) is 18.5 Å². The van der Waals surface area contributed by atoms with Gasteiger partial charge in [0.05, 0.1) is 13.3 Å². The number of phenols is 1. The molecule has 0 saturated carbocycles. The summed E-state index contributed by atoms with van der Waals surface area (Å²) in [4.78, 5) is 29.8. The van der Waals surface area contributed by atoms with E-state index in [4.69, 9.17) is 4.74 Å². The summed E-state index contributed by atoms with van der Waals surface area (Å²) in [6.45, 7) is 0.323. The quantitative estimate of drug-likeness (QED) is 0.323. The molecule has 10 nitrogen and oxygen atoms in total. The Hall–Kier alpha value is -4.60. The SMILES string of the molecule is COc1cc(/C=N/Nc2nc3c(c(=O)n(C)c(=O)n3C)n2CC=Cc2ccccc2)ccc1O. The van der Waals surface area contributed by atoms with Gasteiger partial charge in [0.25, 0.3) is 5.56 Å². The summed E-state index contributed by atoms with van der Waals surface area (Å²) in [5.74, 6) is 0.644. The van der Waals surface area contributed by atoms with Crippen LogP contribution in [0.3, 0.4) is 0 Å². The number of hydrogen-bond acceptors (Lipinski definition) is 7. The number of fused-ring (bicyclic) bond motifs is 1. The molecule has 0 aliphatic heterocycles. The van der Waals surface area contributed by atoms with Crippen LogP contribution >= 0.6 is 0 Å². The lowest BCUT2D eigenvalue weighted by atomic mass is 10.2. The molecular formula is C24H24N6O4. The Morgan fingerprint density at radius 2 is 1.85 bits per heavy atom. The molecular weight excluding hydrogens is 436 g/mol. The van der Waals surface area contributed by atoms with Crippen molar-refractivity contribution in [1.82, 2.24) is 18.7 Å². The number of nitrogens with zero attached hydrogens (tertiary/aromatic N) is 5. The van der Waals surface area contributed by atoms with Gasteiger partial charge >= 0.3 is 5.69 Å². The van der Waals surface area contributed by atoms with Gasteiger partial charge in [-0.05, 0) is 29.3 Å². The fourth-order valence-corrected chi connectivity index (χ4v) is 3.51. The number of aromatic nitrogens is 4. The maximum Gasteiger partial charge on any atom is 0.332 e. The average Bonchev–Trinajstić information content (AvgIpc) is 3.21. The van der Waals surface area contributed by atoms with Gasteiger partial charge in [0.1, 0.15) is 0 Å². The van der Waals surface area contributed by atoms with Crippen molar-refractivity contribution in [3.63, 3.8) is 0 Å². The molecule has 0 aliphatic rings. The molecule has 10 heteroatoms. The number of aromatic hydroxyl groups is 1. The third-order valence-electron chi connectivity index (χ3n) is 5.33. The Balaban J connectivity index is 1.73. The molecule has 2 aromatic carbocycles. The molecule has 34 heavy (non-hydrogen) atoms. The smallest absolute Gasteiger partial charge is 0.332 e. The van der Waals surface area contributed by atoms with Gasteiger partial charge in [0, 0.05) is 20.6 Å². The molecule has 0 aliphatic carbocycles. The van der Waals surface area contributed by atoms with Crippen molar-refractivity contribution in [2.45, 2.75) is 6.54 Å². The summed E-state index contributed by atoms with van der Waals surface area (Å²) in [7, 11) is 4.46. The number of benzene rings is 2. The zero-order chi connectivity index (χ0) is 24.2. The van der Waals surface area contributed by atoms with Crippen LogP contribution in [0.1, 0.15) is 11.1 Å². The normalized spacial score (nSPS) is 11.6. The first-order chi connectivity index (χ1) is 16.4. The summed E-state index contributed by atoms with van der Waals surface area (Å²) in [6, 6.07) is 14.6. The van der Waals surface area contributed by atoms with Gasteiger partial charge in [-0.1, -0.05) is 42.5 Å². The van der Waals surface area contributed by atoms with E-state index >= 15 is 0 Å². The molecule has 0 atom stereocenters. The highest BCUT2D eigenvalue weighted by molar-refractivity contribution is 5.81. The van der Waals surface area contributed by atoms with E-state index in [0.29, 0.717) is 23.8 Å². The van der Waals surface area contributed by atoms with Gasteiger partial charge in [-0.25, -0.2) is 10.2 Å². The van der Waals surface area contributed by atoms with Crippen molar-refractivity contribution in [3.05, 3.63) is 86.6 Å². The second-order valence-electron chi connectivity index (χ2n) is 7.54. The topological polar surface area (TPSA) is 116 Å². The summed E-state index contributed by atoms with van der Waals surface area (Å²) in [5.41, 5.74) is 4.19. The molecule has 0 fully saturated rings. The predicted molar refractivity (Wildman–Crippen MR) is 132 cm³/mol. The van der Waals surface area contributed by atoms with Crippen LogP contribution in [-0.2, 0) is 20.6 Å². The van der Waals surface area contributed by atoms with E-state index in [0.717, 1.165) is 10.1 Å². The van der Waals surface area contributed by atoms with Crippen LogP contribution in [0.15, 0.2) is 69.3 Å². The zero-order valence-electron chi connectivity index (χ0n) is 19.0. The lowest BCUT2D eigenvalue weighted by Gasteiger charge is -2.07. The number of rotatable bonds is 7. The monoisotopic (exact) mass is 460 g/mol. The number of phenolic OH excluding ortho intramolecular Hbond substituents is 1. The van der Waals surface area contributed by atoms with E-state index < -0.39 is 11.2 Å². The molecule has 2 aromatic heterocycles. The minimum atomic E-state index is -0.465. The van der Waals surface area contributed by atoms with Crippen LogP contribution in [0, 0.1) is 0 Å². The Morgan fingerprint density at radius 1 is 1.09 bits per heavy atom. The third-order valence-corrected chi connectivity index (χ3v) is 5.33. The summed E-state index contributed by atoms with van der Waals surface area (Å²) < 4.78 is 9.17. The highest BCUT2D eigenvalue weighted by atomic mass is 16.5. The standard InChI is InChI=1S/C24H24N6O4/c1-28-21-20(22(32)29(2)24(28)33)30(13-7-10-16-8-5-4-6-9-16)23(26-21)27-25-15-17-11-12-18(31)19(14-17)34-3/h4-12,14-15,31H,13H2,1-3H3,(H,26,27)/b10-7?,25-15+. The molecule has 4 rings (SSSR count). The van der Waals surface area contributed by atoms with Gasteiger partial charge < -0.3 is 9.84 Å². The van der Waals surface area contributed by atoms with E-state index in [1.807, 2.05) is 42.5 Å². The lowest BCUT2D eigenvalue weighted by Crippen LogP contribution is -2.37. The van der Waals surface area contributed by atoms with E-state index in [-0.39, 0.29) is 16.9 Å². The van der Waals surface area contributed by atoms with Gasteiger partial charge in [0.15, 0.2) is 22.7 Å². The number of anilines is 1. The first-order valence-corrected chi connectivity index (χ1v) is 10.4. The van der Waals surface area contributed by atoms with Gasteiger partial charge in [-0.2, -0.15) is 10.1 Å². The number of hydrazone groups is 1. The highest BCUT2D eigenvalue weighted by Crippen LogP contribution is 2.25. The molecule has 0 unspecified atom stereocenters. The van der Waals surface area contributed by atoms with Crippen molar-refractivity contribution in [2.24, 2.45) is 19.2 Å². The van der Waals surface area contributed by atoms with Gasteiger partial charge in [-0.15, -0.1) is 0 Å². The van der Waals surface area contributed by atoms with Crippen LogP contribution in [0.25, 0.3) is 17.2 Å². The van der Waals surface area contributed by atoms with E-state index in [1.165, 1.54) is 31.0 Å². The Kier molecular flexibility index (Phi) is 6.30. The molecule has 0 bridgehead atoms. The van der Waals surface area contributed by atoms with Crippen LogP contribution in [0.5, 0.6) is 11.5 Å². The number of ether oxygens (including phenoxy) is 1. The van der Waals surface area contributed by atoms with Crippen molar-refractivity contribution in [2.75, 3.05) is 12.5 Å². The summed E-state index contributed by atoms with van der Waals surface area (Å²) >= 11 is 0. The third kappa shape index (κ3) is 4.33. The minimum absolute atomic E-state index is 0.0244. The molecule has 2 N–H and O–H groups in total. The van der Waals surface area contributed by atoms with Crippen molar-refractivity contribution in [1.29, 1.82) is 0 Å². The number of allylic oxidation sites excluding steroid dienone is 1.